The highest BCUT2D eigenvalue weighted by molar-refractivity contribution is 7.18. The number of hydrogen-bond donors (Lipinski definition) is 2. The number of thiophene rings is 1. The Bertz CT molecular complexity index is 1440. The fraction of sp³-hybridized carbons (Fsp3) is 0.269. The number of hydrogen-bond acceptors (Lipinski definition) is 8. The molecule has 178 valence electrons. The summed E-state index contributed by atoms with van der Waals surface area (Å²) in [6.45, 7) is 8.42. The summed E-state index contributed by atoms with van der Waals surface area (Å²) in [6.07, 6.45) is 1.90. The van der Waals surface area contributed by atoms with Gasteiger partial charge in [-0.2, -0.15) is 4.98 Å². The highest BCUT2D eigenvalue weighted by Gasteiger charge is 2.17. The van der Waals surface area contributed by atoms with Gasteiger partial charge in [0.1, 0.15) is 11.4 Å². The third-order valence-corrected chi connectivity index (χ3v) is 7.36. The van der Waals surface area contributed by atoms with Gasteiger partial charge in [-0.25, -0.2) is 4.98 Å². The minimum atomic E-state index is 0.558. The average Bonchev–Trinajstić information content (AvgIpc) is 3.61. The monoisotopic (exact) mass is 486 g/mol. The van der Waals surface area contributed by atoms with Gasteiger partial charge in [-0.15, -0.1) is 11.3 Å². The van der Waals surface area contributed by atoms with Crippen molar-refractivity contribution in [1.29, 1.82) is 0 Å². The molecule has 8 nitrogen and oxygen atoms in total. The highest BCUT2D eigenvalue weighted by Crippen LogP contribution is 2.39. The third-order valence-electron chi connectivity index (χ3n) is 6.25. The number of ether oxygens (including phenoxy) is 1. The first-order chi connectivity index (χ1) is 17.1. The fourth-order valence-corrected chi connectivity index (χ4v) is 5.61. The second-order valence-corrected chi connectivity index (χ2v) is 9.79. The van der Waals surface area contributed by atoms with E-state index in [1.807, 2.05) is 26.1 Å². The number of rotatable bonds is 6. The Morgan fingerprint density at radius 2 is 1.80 bits per heavy atom. The number of nitrogens with zero attached hydrogens (tertiary/aromatic N) is 4. The maximum absolute atomic E-state index is 5.45. The van der Waals surface area contributed by atoms with Crippen molar-refractivity contribution in [1.82, 2.24) is 25.0 Å². The van der Waals surface area contributed by atoms with Gasteiger partial charge in [0, 0.05) is 41.8 Å². The van der Waals surface area contributed by atoms with Gasteiger partial charge in [-0.3, -0.25) is 4.90 Å². The number of fused-ring (bicyclic) bond motifs is 1. The van der Waals surface area contributed by atoms with E-state index in [9.17, 15) is 0 Å². The van der Waals surface area contributed by atoms with Gasteiger partial charge >= 0.3 is 0 Å². The molecule has 0 amide bonds. The van der Waals surface area contributed by atoms with E-state index < -0.39 is 0 Å². The lowest BCUT2D eigenvalue weighted by molar-refractivity contribution is 0.0342. The SMILES string of the molecule is Cc1noc(C)c1-c1ccc(-c2nc(Nc3ccc(CN4CCOCC4)cc3)nc3[nH]ccc23)s1. The standard InChI is InChI=1S/C26H26N6O2S/c1-16-23(17(2)34-31-16)21-7-8-22(35-21)24-20-9-10-27-25(20)30-26(29-24)28-19-5-3-18(4-6-19)15-32-11-13-33-14-12-32/h3-10H,11-15H2,1-2H3,(H2,27,28,29,30). The molecule has 1 saturated heterocycles. The molecule has 4 aromatic heterocycles. The molecule has 0 bridgehead atoms. The van der Waals surface area contributed by atoms with Crippen LogP contribution >= 0.6 is 11.3 Å². The molecule has 1 aliphatic rings. The van der Waals surface area contributed by atoms with Crippen molar-refractivity contribution < 1.29 is 9.26 Å². The van der Waals surface area contributed by atoms with E-state index in [1.165, 1.54) is 5.56 Å². The Balaban J connectivity index is 1.26. The Kier molecular flexibility index (Phi) is 5.81. The molecule has 9 heteroatoms. The second kappa shape index (κ2) is 9.26. The number of H-pyrrole nitrogens is 1. The van der Waals surface area contributed by atoms with Crippen molar-refractivity contribution in [2.45, 2.75) is 20.4 Å². The largest absolute Gasteiger partial charge is 0.379 e. The summed E-state index contributed by atoms with van der Waals surface area (Å²) in [5.41, 5.74) is 5.87. The van der Waals surface area contributed by atoms with Crippen LogP contribution in [0.15, 0.2) is 53.2 Å². The molecule has 1 aromatic carbocycles. The summed E-state index contributed by atoms with van der Waals surface area (Å²) in [6, 6.07) is 14.7. The van der Waals surface area contributed by atoms with E-state index >= 15 is 0 Å². The third kappa shape index (κ3) is 4.45. The van der Waals surface area contributed by atoms with Crippen molar-refractivity contribution in [3.8, 4) is 21.0 Å². The molecule has 0 atom stereocenters. The summed E-state index contributed by atoms with van der Waals surface area (Å²) in [4.78, 5) is 17.4. The molecule has 2 N–H and O–H groups in total. The zero-order chi connectivity index (χ0) is 23.8. The average molecular weight is 487 g/mol. The van der Waals surface area contributed by atoms with Gasteiger partial charge in [0.25, 0.3) is 0 Å². The van der Waals surface area contributed by atoms with Gasteiger partial charge < -0.3 is 19.6 Å². The zero-order valence-corrected chi connectivity index (χ0v) is 20.5. The predicted molar refractivity (Wildman–Crippen MR) is 138 cm³/mol. The normalized spacial score (nSPS) is 14.6. The molecule has 5 heterocycles. The molecule has 1 aliphatic heterocycles. The number of nitrogens with one attached hydrogen (secondary N) is 2. The summed E-state index contributed by atoms with van der Waals surface area (Å²) < 4.78 is 10.8. The number of anilines is 2. The van der Waals surface area contributed by atoms with Crippen molar-refractivity contribution >= 4 is 34.0 Å². The van der Waals surface area contributed by atoms with Gasteiger partial charge in [0.2, 0.25) is 5.95 Å². The topological polar surface area (TPSA) is 92.1 Å². The first kappa shape index (κ1) is 22.0. The molecule has 0 radical (unpaired) electrons. The van der Waals surface area contributed by atoms with E-state index in [0.717, 1.165) is 82.0 Å². The lowest BCUT2D eigenvalue weighted by Crippen LogP contribution is -2.35. The number of aryl methyl sites for hydroxylation is 2. The summed E-state index contributed by atoms with van der Waals surface area (Å²) in [5.74, 6) is 1.38. The van der Waals surface area contributed by atoms with Crippen LogP contribution in [0.1, 0.15) is 17.0 Å². The van der Waals surface area contributed by atoms with Crippen LogP contribution in [0.2, 0.25) is 0 Å². The maximum Gasteiger partial charge on any atom is 0.229 e. The first-order valence-corrected chi connectivity index (χ1v) is 12.5. The molecule has 0 saturated carbocycles. The summed E-state index contributed by atoms with van der Waals surface area (Å²) >= 11 is 1.68. The van der Waals surface area contributed by atoms with E-state index in [1.54, 1.807) is 11.3 Å². The molecule has 5 aromatic rings. The van der Waals surface area contributed by atoms with Crippen molar-refractivity contribution in [3.05, 3.63) is 65.7 Å². The van der Waals surface area contributed by atoms with Crippen LogP contribution in [-0.2, 0) is 11.3 Å². The van der Waals surface area contributed by atoms with Gasteiger partial charge in [0.15, 0.2) is 0 Å². The molecule has 0 aliphatic carbocycles. The Morgan fingerprint density at radius 1 is 1.00 bits per heavy atom. The summed E-state index contributed by atoms with van der Waals surface area (Å²) in [5, 5.41) is 8.47. The van der Waals surface area contributed by atoms with Crippen LogP contribution < -0.4 is 5.32 Å². The molecule has 0 spiro atoms. The number of benzene rings is 1. The molecular weight excluding hydrogens is 460 g/mol. The van der Waals surface area contributed by atoms with E-state index in [0.29, 0.717) is 5.95 Å². The molecule has 6 rings (SSSR count). The van der Waals surface area contributed by atoms with Crippen LogP contribution in [-0.4, -0.2) is 51.3 Å². The van der Waals surface area contributed by atoms with Crippen LogP contribution in [0, 0.1) is 13.8 Å². The first-order valence-electron chi connectivity index (χ1n) is 11.7. The van der Waals surface area contributed by atoms with E-state index in [2.05, 4.69) is 56.8 Å². The van der Waals surface area contributed by atoms with Crippen LogP contribution in [0.25, 0.3) is 32.0 Å². The maximum atomic E-state index is 5.45. The van der Waals surface area contributed by atoms with Crippen molar-refractivity contribution in [2.75, 3.05) is 31.6 Å². The number of aromatic nitrogens is 4. The van der Waals surface area contributed by atoms with Crippen LogP contribution in [0.5, 0.6) is 0 Å². The number of aromatic amines is 1. The zero-order valence-electron chi connectivity index (χ0n) is 19.7. The smallest absolute Gasteiger partial charge is 0.229 e. The van der Waals surface area contributed by atoms with Gasteiger partial charge in [-0.05, 0) is 49.7 Å². The number of morpholine rings is 1. The van der Waals surface area contributed by atoms with Gasteiger partial charge in [0.05, 0.1) is 35.0 Å². The fourth-order valence-electron chi connectivity index (χ4n) is 4.46. The Morgan fingerprint density at radius 3 is 2.57 bits per heavy atom. The Hall–Kier alpha value is -3.53. The summed E-state index contributed by atoms with van der Waals surface area (Å²) in [7, 11) is 0. The van der Waals surface area contributed by atoms with Crippen molar-refractivity contribution in [3.63, 3.8) is 0 Å². The lowest BCUT2D eigenvalue weighted by Gasteiger charge is -2.26. The molecular formula is C26H26N6O2S. The van der Waals surface area contributed by atoms with E-state index in [-0.39, 0.29) is 0 Å². The quantitative estimate of drug-likeness (QED) is 0.326. The second-order valence-electron chi connectivity index (χ2n) is 8.71. The Labute approximate surface area is 207 Å². The van der Waals surface area contributed by atoms with Gasteiger partial charge in [-0.1, -0.05) is 17.3 Å². The van der Waals surface area contributed by atoms with Crippen LogP contribution in [0.4, 0.5) is 11.6 Å². The molecule has 35 heavy (non-hydrogen) atoms. The van der Waals surface area contributed by atoms with Crippen molar-refractivity contribution in [2.24, 2.45) is 0 Å². The highest BCUT2D eigenvalue weighted by atomic mass is 32.1. The molecule has 0 unspecified atom stereocenters. The van der Waals surface area contributed by atoms with E-state index in [4.69, 9.17) is 19.2 Å². The minimum Gasteiger partial charge on any atom is -0.379 e. The molecule has 1 fully saturated rings. The minimum absolute atomic E-state index is 0.558. The lowest BCUT2D eigenvalue weighted by atomic mass is 10.1. The predicted octanol–water partition coefficient (Wildman–Crippen LogP) is 5.53. The van der Waals surface area contributed by atoms with Crippen LogP contribution in [0.3, 0.4) is 0 Å².